The van der Waals surface area contributed by atoms with Crippen molar-refractivity contribution in [3.63, 3.8) is 0 Å². The molecule has 0 saturated carbocycles. The van der Waals surface area contributed by atoms with Crippen LogP contribution >= 0.6 is 22.7 Å². The Hall–Kier alpha value is -1.91. The van der Waals surface area contributed by atoms with E-state index in [1.54, 1.807) is 22.7 Å². The van der Waals surface area contributed by atoms with Gasteiger partial charge in [0.15, 0.2) is 11.0 Å². The zero-order chi connectivity index (χ0) is 13.4. The van der Waals surface area contributed by atoms with Crippen LogP contribution < -0.4 is 4.57 Å². The van der Waals surface area contributed by atoms with E-state index in [-0.39, 0.29) is 0 Å². The van der Waals surface area contributed by atoms with Gasteiger partial charge in [0.1, 0.15) is 11.4 Å². The van der Waals surface area contributed by atoms with E-state index < -0.39 is 0 Å². The maximum Gasteiger partial charge on any atom is 0.298 e. The Morgan fingerprint density at radius 1 is 0.900 bits per heavy atom. The molecule has 0 unspecified atom stereocenters. The molecule has 0 aliphatic rings. The number of aromatic amines is 1. The Balaban J connectivity index is 1.93. The highest BCUT2D eigenvalue weighted by molar-refractivity contribution is 7.13. The average molecular weight is 297 g/mol. The number of para-hydroxylation sites is 2. The molecular weight excluding hydrogens is 284 g/mol. The molecule has 98 valence electrons. The van der Waals surface area contributed by atoms with Crippen LogP contribution in [0.2, 0.25) is 0 Å². The van der Waals surface area contributed by atoms with Crippen molar-refractivity contribution in [3.8, 4) is 10.7 Å². The van der Waals surface area contributed by atoms with E-state index in [2.05, 4.69) is 68.8 Å². The van der Waals surface area contributed by atoms with Crippen LogP contribution in [0.5, 0.6) is 0 Å². The number of nitrogens with zero attached hydrogens (tertiary/aromatic N) is 1. The maximum atomic E-state index is 3.56. The Labute approximate surface area is 125 Å². The topological polar surface area (TPSA) is 19.7 Å². The van der Waals surface area contributed by atoms with Crippen molar-refractivity contribution in [2.45, 2.75) is 6.54 Å². The van der Waals surface area contributed by atoms with Crippen LogP contribution in [0.4, 0.5) is 0 Å². The summed E-state index contributed by atoms with van der Waals surface area (Å²) < 4.78 is 2.37. The van der Waals surface area contributed by atoms with Crippen molar-refractivity contribution in [1.82, 2.24) is 4.98 Å². The van der Waals surface area contributed by atoms with Crippen molar-refractivity contribution >= 4 is 33.7 Å². The molecule has 0 spiro atoms. The first-order valence-corrected chi connectivity index (χ1v) is 8.24. The fourth-order valence-corrected chi connectivity index (χ4v) is 3.89. The first-order valence-electron chi connectivity index (χ1n) is 6.48. The second-order valence-electron chi connectivity index (χ2n) is 4.63. The molecule has 20 heavy (non-hydrogen) atoms. The number of hydrogen-bond donors (Lipinski definition) is 1. The van der Waals surface area contributed by atoms with Gasteiger partial charge in [-0.2, -0.15) is 0 Å². The number of hydrogen-bond acceptors (Lipinski definition) is 2. The summed E-state index contributed by atoms with van der Waals surface area (Å²) in [6.45, 7) is 0.912. The molecule has 0 atom stereocenters. The van der Waals surface area contributed by atoms with Crippen LogP contribution in [-0.2, 0) is 6.54 Å². The summed E-state index contributed by atoms with van der Waals surface area (Å²) in [4.78, 5) is 6.21. The zero-order valence-corrected chi connectivity index (χ0v) is 12.4. The fourth-order valence-electron chi connectivity index (χ4n) is 2.46. The third-order valence-corrected chi connectivity index (χ3v) is 5.10. The van der Waals surface area contributed by atoms with E-state index in [9.17, 15) is 0 Å². The van der Waals surface area contributed by atoms with Gasteiger partial charge in [-0.3, -0.25) is 0 Å². The van der Waals surface area contributed by atoms with Crippen LogP contribution in [0.3, 0.4) is 0 Å². The lowest BCUT2D eigenvalue weighted by Crippen LogP contribution is -2.34. The van der Waals surface area contributed by atoms with Gasteiger partial charge in [-0.1, -0.05) is 24.3 Å². The normalized spacial score (nSPS) is 11.2. The summed E-state index contributed by atoms with van der Waals surface area (Å²) in [6.07, 6.45) is 0. The maximum absolute atomic E-state index is 3.56. The van der Waals surface area contributed by atoms with Gasteiger partial charge in [0.2, 0.25) is 0 Å². The van der Waals surface area contributed by atoms with Crippen molar-refractivity contribution in [1.29, 1.82) is 0 Å². The Morgan fingerprint density at radius 3 is 2.55 bits per heavy atom. The first kappa shape index (κ1) is 11.9. The molecule has 0 bridgehead atoms. The molecule has 2 nitrogen and oxygen atoms in total. The highest BCUT2D eigenvalue weighted by atomic mass is 32.1. The number of imidazole rings is 1. The molecule has 4 heteroatoms. The van der Waals surface area contributed by atoms with Gasteiger partial charge in [-0.15, -0.1) is 22.7 Å². The van der Waals surface area contributed by atoms with E-state index in [1.165, 1.54) is 26.6 Å². The molecule has 3 aromatic heterocycles. The van der Waals surface area contributed by atoms with Gasteiger partial charge < -0.3 is 0 Å². The van der Waals surface area contributed by atoms with Gasteiger partial charge in [0.25, 0.3) is 5.82 Å². The third-order valence-electron chi connectivity index (χ3n) is 3.37. The van der Waals surface area contributed by atoms with Crippen molar-refractivity contribution in [3.05, 3.63) is 64.2 Å². The lowest BCUT2D eigenvalue weighted by Gasteiger charge is -1.99. The summed E-state index contributed by atoms with van der Waals surface area (Å²) in [5, 5.41) is 4.26. The van der Waals surface area contributed by atoms with Gasteiger partial charge in [0.05, 0.1) is 0 Å². The lowest BCUT2D eigenvalue weighted by molar-refractivity contribution is -0.650. The van der Waals surface area contributed by atoms with Crippen LogP contribution in [0.25, 0.3) is 21.7 Å². The number of benzene rings is 1. The fraction of sp³-hybridized carbons (Fsp3) is 0.0625. The zero-order valence-electron chi connectivity index (χ0n) is 10.7. The van der Waals surface area contributed by atoms with E-state index in [0.717, 1.165) is 6.54 Å². The summed E-state index contributed by atoms with van der Waals surface area (Å²) in [5.74, 6) is 1.19. The van der Waals surface area contributed by atoms with Crippen LogP contribution in [0.15, 0.2) is 59.3 Å². The third kappa shape index (κ3) is 1.97. The second kappa shape index (κ2) is 4.89. The molecule has 1 aromatic carbocycles. The molecule has 4 aromatic rings. The van der Waals surface area contributed by atoms with Crippen LogP contribution in [0.1, 0.15) is 4.88 Å². The summed E-state index contributed by atoms with van der Waals surface area (Å²) in [7, 11) is 0. The predicted octanol–water partition coefficient (Wildman–Crippen LogP) is 4.29. The molecule has 0 radical (unpaired) electrons. The summed E-state index contributed by atoms with van der Waals surface area (Å²) in [6, 6.07) is 17.1. The van der Waals surface area contributed by atoms with Crippen molar-refractivity contribution in [2.75, 3.05) is 0 Å². The molecule has 3 heterocycles. The predicted molar refractivity (Wildman–Crippen MR) is 85.2 cm³/mol. The molecule has 0 aliphatic carbocycles. The Bertz CT molecular complexity index is 827. The largest absolute Gasteiger partial charge is 0.298 e. The standard InChI is InChI=1S/C16H12N2S2/c1-2-7-14-13(6-1)17-16(15-8-4-10-20-15)18(14)11-12-5-3-9-19-12/h1-10H,11H2/p+1. The Kier molecular flexibility index (Phi) is 2.90. The summed E-state index contributed by atoms with van der Waals surface area (Å²) >= 11 is 3.57. The van der Waals surface area contributed by atoms with E-state index in [1.807, 2.05) is 0 Å². The molecule has 0 amide bonds. The quantitative estimate of drug-likeness (QED) is 0.544. The van der Waals surface area contributed by atoms with E-state index >= 15 is 0 Å². The first-order chi connectivity index (χ1) is 9.92. The smallest absolute Gasteiger partial charge is 0.236 e. The highest BCUT2D eigenvalue weighted by Crippen LogP contribution is 2.24. The number of thiophene rings is 2. The number of H-pyrrole nitrogens is 1. The second-order valence-corrected chi connectivity index (χ2v) is 6.61. The minimum atomic E-state index is 0.912. The van der Waals surface area contributed by atoms with Gasteiger partial charge in [0, 0.05) is 4.88 Å². The molecule has 0 saturated heterocycles. The minimum absolute atomic E-state index is 0.912. The molecular formula is C16H13N2S2+. The number of aromatic nitrogens is 2. The van der Waals surface area contributed by atoms with Crippen LogP contribution in [-0.4, -0.2) is 4.98 Å². The van der Waals surface area contributed by atoms with Crippen molar-refractivity contribution < 1.29 is 4.57 Å². The number of fused-ring (bicyclic) bond motifs is 1. The molecule has 1 N–H and O–H groups in total. The summed E-state index contributed by atoms with van der Waals surface area (Å²) in [5.41, 5.74) is 2.44. The number of nitrogens with one attached hydrogen (secondary N) is 1. The average Bonchev–Trinajstić information content (AvgIpc) is 3.19. The SMILES string of the molecule is c1csc(C[n+]2c(-c3cccs3)[nH]c3ccccc32)c1. The Morgan fingerprint density at radius 2 is 1.75 bits per heavy atom. The van der Waals surface area contributed by atoms with E-state index in [4.69, 9.17) is 0 Å². The van der Waals surface area contributed by atoms with E-state index in [0.29, 0.717) is 0 Å². The van der Waals surface area contributed by atoms with Gasteiger partial charge in [-0.25, -0.2) is 9.55 Å². The molecule has 0 aliphatic heterocycles. The van der Waals surface area contributed by atoms with Crippen LogP contribution in [0, 0.1) is 0 Å². The van der Waals surface area contributed by atoms with Gasteiger partial charge >= 0.3 is 0 Å². The minimum Gasteiger partial charge on any atom is -0.236 e. The molecule has 0 fully saturated rings. The highest BCUT2D eigenvalue weighted by Gasteiger charge is 2.20. The monoisotopic (exact) mass is 297 g/mol. The van der Waals surface area contributed by atoms with Crippen molar-refractivity contribution in [2.24, 2.45) is 0 Å². The number of rotatable bonds is 3. The molecule has 4 rings (SSSR count). The van der Waals surface area contributed by atoms with Gasteiger partial charge in [-0.05, 0) is 35.0 Å². The lowest BCUT2D eigenvalue weighted by atomic mass is 10.3.